The highest BCUT2D eigenvalue weighted by atomic mass is 16.5. The lowest BCUT2D eigenvalue weighted by Gasteiger charge is -2.31. The van der Waals surface area contributed by atoms with Crippen molar-refractivity contribution in [3.63, 3.8) is 0 Å². The molecule has 0 radical (unpaired) electrons. The molecule has 1 aliphatic heterocycles. The summed E-state index contributed by atoms with van der Waals surface area (Å²) in [5, 5.41) is 12.2. The average molecular weight is 345 g/mol. The van der Waals surface area contributed by atoms with E-state index in [0.717, 1.165) is 0 Å². The maximum absolute atomic E-state index is 11.9. The predicted octanol–water partition coefficient (Wildman–Crippen LogP) is 0.595. The smallest absolute Gasteiger partial charge is 0.397 e. The Morgan fingerprint density at radius 3 is 2.64 bits per heavy atom. The number of rotatable bonds is 4. The molecule has 9 heteroatoms. The number of amides is 1. The van der Waals surface area contributed by atoms with Crippen LogP contribution in [-0.2, 0) is 14.3 Å². The topological polar surface area (TPSA) is 99.4 Å². The van der Waals surface area contributed by atoms with E-state index < -0.39 is 11.9 Å². The monoisotopic (exact) mass is 345 g/mol. The van der Waals surface area contributed by atoms with Gasteiger partial charge in [-0.25, -0.2) is 9.48 Å². The number of carbonyl (C=O) groups excluding carboxylic acids is 2. The van der Waals surface area contributed by atoms with Crippen LogP contribution in [0.5, 0.6) is 5.88 Å². The minimum Gasteiger partial charge on any atom is -0.473 e. The number of carbonyl (C=O) groups is 2. The van der Waals surface area contributed by atoms with Crippen molar-refractivity contribution in [2.75, 3.05) is 19.7 Å². The van der Waals surface area contributed by atoms with Gasteiger partial charge in [-0.2, -0.15) is 5.10 Å². The van der Waals surface area contributed by atoms with Crippen molar-refractivity contribution >= 4 is 11.9 Å². The molecule has 132 valence electrons. The molecule has 1 amide bonds. The second-order valence-electron chi connectivity index (χ2n) is 5.51. The van der Waals surface area contributed by atoms with Crippen LogP contribution in [0.15, 0.2) is 30.6 Å². The number of hydrogen-bond donors (Lipinski definition) is 0. The molecular weight excluding hydrogens is 326 g/mol. The zero-order valence-corrected chi connectivity index (χ0v) is 13.9. The summed E-state index contributed by atoms with van der Waals surface area (Å²) in [5.41, 5.74) is 0. The number of ether oxygens (including phenoxy) is 2. The normalized spacial score (nSPS) is 15.0. The number of hydrogen-bond acceptors (Lipinski definition) is 7. The van der Waals surface area contributed by atoms with E-state index in [2.05, 4.69) is 15.3 Å². The van der Waals surface area contributed by atoms with Gasteiger partial charge in [-0.15, -0.1) is 10.2 Å². The third-order valence-electron chi connectivity index (χ3n) is 3.83. The van der Waals surface area contributed by atoms with Gasteiger partial charge in [-0.1, -0.05) is 0 Å². The minimum absolute atomic E-state index is 0.0731. The summed E-state index contributed by atoms with van der Waals surface area (Å²) < 4.78 is 12.1. The number of likely N-dealkylation sites (tertiary alicyclic amines) is 1. The van der Waals surface area contributed by atoms with Gasteiger partial charge in [0.25, 0.3) is 0 Å². The Bertz CT molecular complexity index is 709. The summed E-state index contributed by atoms with van der Waals surface area (Å²) in [4.78, 5) is 24.8. The lowest BCUT2D eigenvalue weighted by Crippen LogP contribution is -2.45. The van der Waals surface area contributed by atoms with E-state index in [4.69, 9.17) is 9.47 Å². The first-order valence-electron chi connectivity index (χ1n) is 8.14. The van der Waals surface area contributed by atoms with Gasteiger partial charge in [0.15, 0.2) is 5.82 Å². The fraction of sp³-hybridized carbons (Fsp3) is 0.438. The molecule has 25 heavy (non-hydrogen) atoms. The van der Waals surface area contributed by atoms with Crippen molar-refractivity contribution in [3.05, 3.63) is 30.6 Å². The fourth-order valence-electron chi connectivity index (χ4n) is 2.57. The van der Waals surface area contributed by atoms with Crippen molar-refractivity contribution in [1.29, 1.82) is 0 Å². The van der Waals surface area contributed by atoms with Gasteiger partial charge in [0.2, 0.25) is 5.88 Å². The van der Waals surface area contributed by atoms with Crippen LogP contribution in [0.2, 0.25) is 0 Å². The second-order valence-corrected chi connectivity index (χ2v) is 5.51. The van der Waals surface area contributed by atoms with Gasteiger partial charge in [0.1, 0.15) is 6.10 Å². The minimum atomic E-state index is -0.804. The van der Waals surface area contributed by atoms with Crippen molar-refractivity contribution < 1.29 is 19.1 Å². The first kappa shape index (κ1) is 16.9. The molecule has 0 saturated carbocycles. The Balaban J connectivity index is 1.50. The van der Waals surface area contributed by atoms with E-state index in [1.54, 1.807) is 42.2 Å². The Kier molecular flexibility index (Phi) is 5.22. The molecule has 0 atom stereocenters. The molecule has 0 spiro atoms. The molecule has 1 fully saturated rings. The molecule has 1 saturated heterocycles. The van der Waals surface area contributed by atoms with Crippen LogP contribution in [-0.4, -0.2) is 62.6 Å². The maximum Gasteiger partial charge on any atom is 0.397 e. The Morgan fingerprint density at radius 1 is 1.24 bits per heavy atom. The van der Waals surface area contributed by atoms with Gasteiger partial charge in [-0.05, 0) is 19.1 Å². The van der Waals surface area contributed by atoms with Crippen LogP contribution in [0.3, 0.4) is 0 Å². The van der Waals surface area contributed by atoms with Crippen LogP contribution in [0.1, 0.15) is 19.8 Å². The summed E-state index contributed by atoms with van der Waals surface area (Å²) >= 11 is 0. The first-order valence-corrected chi connectivity index (χ1v) is 8.14. The summed E-state index contributed by atoms with van der Waals surface area (Å²) in [7, 11) is 0. The molecule has 2 aromatic rings. The molecule has 0 aromatic carbocycles. The highest BCUT2D eigenvalue weighted by molar-refractivity contribution is 6.32. The van der Waals surface area contributed by atoms with E-state index in [0.29, 0.717) is 37.6 Å². The third-order valence-corrected chi connectivity index (χ3v) is 3.83. The molecule has 0 aliphatic carbocycles. The quantitative estimate of drug-likeness (QED) is 0.591. The molecule has 3 heterocycles. The van der Waals surface area contributed by atoms with Crippen molar-refractivity contribution in [3.8, 4) is 11.7 Å². The van der Waals surface area contributed by atoms with E-state index in [1.165, 1.54) is 4.90 Å². The second kappa shape index (κ2) is 7.73. The lowest BCUT2D eigenvalue weighted by molar-refractivity contribution is -0.160. The largest absolute Gasteiger partial charge is 0.473 e. The van der Waals surface area contributed by atoms with Crippen molar-refractivity contribution in [2.45, 2.75) is 25.9 Å². The maximum atomic E-state index is 11.9. The summed E-state index contributed by atoms with van der Waals surface area (Å²) in [5.74, 6) is -0.371. The number of piperidine rings is 1. The average Bonchev–Trinajstić information content (AvgIpc) is 3.17. The van der Waals surface area contributed by atoms with Gasteiger partial charge < -0.3 is 14.4 Å². The molecule has 1 aliphatic rings. The summed E-state index contributed by atoms with van der Waals surface area (Å²) in [6, 6.07) is 5.31. The molecule has 0 bridgehead atoms. The Morgan fingerprint density at radius 2 is 2.04 bits per heavy atom. The van der Waals surface area contributed by atoms with E-state index in [-0.39, 0.29) is 12.7 Å². The first-order chi connectivity index (χ1) is 12.2. The lowest BCUT2D eigenvalue weighted by atomic mass is 10.1. The van der Waals surface area contributed by atoms with Gasteiger partial charge in [0.05, 0.1) is 6.61 Å². The van der Waals surface area contributed by atoms with Gasteiger partial charge in [-0.3, -0.25) is 4.79 Å². The predicted molar refractivity (Wildman–Crippen MR) is 86.0 cm³/mol. The molecule has 9 nitrogen and oxygen atoms in total. The van der Waals surface area contributed by atoms with Gasteiger partial charge >= 0.3 is 11.9 Å². The van der Waals surface area contributed by atoms with E-state index in [1.807, 2.05) is 0 Å². The SMILES string of the molecule is CCOC(=O)C(=O)N1CCC(Oc2ccc(-n3cccn3)nn2)CC1. The standard InChI is InChI=1S/C16H19N5O4/c1-2-24-16(23)15(22)20-10-6-12(7-11-20)25-14-5-4-13(18-19-14)21-9-3-8-17-21/h3-5,8-9,12H,2,6-7,10-11H2,1H3. The zero-order valence-electron chi connectivity index (χ0n) is 13.9. The van der Waals surface area contributed by atoms with Gasteiger partial charge in [0, 0.05) is 44.4 Å². The van der Waals surface area contributed by atoms with E-state index >= 15 is 0 Å². The van der Waals surface area contributed by atoms with Crippen LogP contribution in [0.4, 0.5) is 0 Å². The summed E-state index contributed by atoms with van der Waals surface area (Å²) in [6.45, 7) is 2.75. The van der Waals surface area contributed by atoms with E-state index in [9.17, 15) is 9.59 Å². The number of aromatic nitrogens is 4. The Hall–Kier alpha value is -2.97. The highest BCUT2D eigenvalue weighted by Gasteiger charge is 2.28. The molecular formula is C16H19N5O4. The molecule has 0 unspecified atom stereocenters. The fourth-order valence-corrected chi connectivity index (χ4v) is 2.57. The highest BCUT2D eigenvalue weighted by Crippen LogP contribution is 2.17. The third kappa shape index (κ3) is 4.11. The van der Waals surface area contributed by atoms with Crippen LogP contribution >= 0.6 is 0 Å². The molecule has 0 N–H and O–H groups in total. The molecule has 3 rings (SSSR count). The number of esters is 1. The van der Waals surface area contributed by atoms with Crippen LogP contribution in [0, 0.1) is 0 Å². The zero-order chi connectivity index (χ0) is 17.6. The Labute approximate surface area is 144 Å². The summed E-state index contributed by atoms with van der Waals surface area (Å²) in [6.07, 6.45) is 4.61. The number of nitrogens with zero attached hydrogens (tertiary/aromatic N) is 5. The van der Waals surface area contributed by atoms with Crippen molar-refractivity contribution in [2.24, 2.45) is 0 Å². The van der Waals surface area contributed by atoms with Crippen LogP contribution in [0.25, 0.3) is 5.82 Å². The molecule has 2 aromatic heterocycles. The van der Waals surface area contributed by atoms with Crippen molar-refractivity contribution in [1.82, 2.24) is 24.9 Å². The van der Waals surface area contributed by atoms with Crippen LogP contribution < -0.4 is 4.74 Å².